The van der Waals surface area contributed by atoms with Crippen molar-refractivity contribution in [3.05, 3.63) is 12.2 Å². The maximum absolute atomic E-state index is 5.19. The molecule has 0 aromatic heterocycles. The van der Waals surface area contributed by atoms with Gasteiger partial charge in [-0.05, 0) is 12.5 Å². The molecule has 2 heteroatoms. The predicted octanol–water partition coefficient (Wildman–Crippen LogP) is 1.03. The van der Waals surface area contributed by atoms with Crippen molar-refractivity contribution in [3.63, 3.8) is 0 Å². The van der Waals surface area contributed by atoms with Gasteiger partial charge in [-0.15, -0.1) is 0 Å². The monoisotopic (exact) mass is 125 g/mol. The van der Waals surface area contributed by atoms with Gasteiger partial charge in [0.05, 0.1) is 19.8 Å². The lowest BCUT2D eigenvalue weighted by Crippen LogP contribution is -1.97. The zero-order valence-corrected chi connectivity index (χ0v) is 5.42. The molecule has 9 heavy (non-hydrogen) atoms. The van der Waals surface area contributed by atoms with Crippen LogP contribution in [0.15, 0.2) is 17.1 Å². The highest BCUT2D eigenvalue weighted by molar-refractivity contribution is 5.70. The highest BCUT2D eigenvalue weighted by Crippen LogP contribution is 1.87. The van der Waals surface area contributed by atoms with E-state index < -0.39 is 0 Å². The predicted molar refractivity (Wildman–Crippen MR) is 37.9 cm³/mol. The second-order valence-electron chi connectivity index (χ2n) is 1.88. The minimum absolute atomic E-state index is 0.762. The fourth-order valence-corrected chi connectivity index (χ4v) is 0.663. The maximum Gasteiger partial charge on any atom is 0.0662 e. The highest BCUT2D eigenvalue weighted by Gasteiger charge is 1.85. The van der Waals surface area contributed by atoms with E-state index in [0.29, 0.717) is 0 Å². The SMILES string of the molecule is C1=CCCOCCN=C1. The molecule has 50 valence electrons. The summed E-state index contributed by atoms with van der Waals surface area (Å²) < 4.78 is 5.19. The second kappa shape index (κ2) is 4.27. The molecule has 1 aliphatic rings. The van der Waals surface area contributed by atoms with E-state index >= 15 is 0 Å². The summed E-state index contributed by atoms with van der Waals surface area (Å²) in [6.45, 7) is 2.39. The standard InChI is InChI=1S/C7H11NO/c1-2-4-8-5-7-9-6-3-1/h1-2,4H,3,5-7H2. The topological polar surface area (TPSA) is 21.6 Å². The first kappa shape index (κ1) is 6.49. The van der Waals surface area contributed by atoms with Crippen LogP contribution in [0.25, 0.3) is 0 Å². The molecular weight excluding hydrogens is 114 g/mol. The lowest BCUT2D eigenvalue weighted by molar-refractivity contribution is 0.147. The lowest BCUT2D eigenvalue weighted by Gasteiger charge is -1.95. The van der Waals surface area contributed by atoms with Crippen molar-refractivity contribution in [1.29, 1.82) is 0 Å². The molecule has 2 nitrogen and oxygen atoms in total. The highest BCUT2D eigenvalue weighted by atomic mass is 16.5. The van der Waals surface area contributed by atoms with Crippen molar-refractivity contribution in [1.82, 2.24) is 0 Å². The number of ether oxygens (including phenoxy) is 1. The summed E-state index contributed by atoms with van der Waals surface area (Å²) in [5, 5.41) is 0. The first-order valence-corrected chi connectivity index (χ1v) is 3.23. The third-order valence-electron chi connectivity index (χ3n) is 1.12. The minimum atomic E-state index is 0.762. The van der Waals surface area contributed by atoms with E-state index in [2.05, 4.69) is 11.1 Å². The Morgan fingerprint density at radius 2 is 2.33 bits per heavy atom. The zero-order chi connectivity index (χ0) is 6.36. The van der Waals surface area contributed by atoms with Crippen LogP contribution in [0, 0.1) is 0 Å². The average molecular weight is 125 g/mol. The van der Waals surface area contributed by atoms with Gasteiger partial charge in [-0.1, -0.05) is 6.08 Å². The number of hydrogen-bond donors (Lipinski definition) is 0. The summed E-state index contributed by atoms with van der Waals surface area (Å²) in [6, 6.07) is 0. The van der Waals surface area contributed by atoms with E-state index in [0.717, 1.165) is 26.2 Å². The normalized spacial score (nSPS) is 20.4. The molecule has 1 aliphatic heterocycles. The van der Waals surface area contributed by atoms with Gasteiger partial charge in [0.15, 0.2) is 0 Å². The number of nitrogens with zero attached hydrogens (tertiary/aromatic N) is 1. The van der Waals surface area contributed by atoms with E-state index in [4.69, 9.17) is 4.74 Å². The Balaban J connectivity index is 2.28. The van der Waals surface area contributed by atoms with Crippen molar-refractivity contribution in [2.75, 3.05) is 19.8 Å². The van der Waals surface area contributed by atoms with Crippen molar-refractivity contribution in [3.8, 4) is 0 Å². The molecule has 0 bridgehead atoms. The van der Waals surface area contributed by atoms with Crippen LogP contribution in [0.1, 0.15) is 6.42 Å². The van der Waals surface area contributed by atoms with Crippen LogP contribution in [0.5, 0.6) is 0 Å². The Labute approximate surface area is 55.2 Å². The van der Waals surface area contributed by atoms with E-state index in [1.54, 1.807) is 0 Å². The Bertz CT molecular complexity index is 104. The number of rotatable bonds is 0. The molecule has 0 atom stereocenters. The van der Waals surface area contributed by atoms with E-state index in [-0.39, 0.29) is 0 Å². The van der Waals surface area contributed by atoms with E-state index in [9.17, 15) is 0 Å². The van der Waals surface area contributed by atoms with Crippen LogP contribution < -0.4 is 0 Å². The molecule has 0 aromatic carbocycles. The van der Waals surface area contributed by atoms with Gasteiger partial charge in [-0.25, -0.2) is 0 Å². The number of aliphatic imine (C=N–C) groups is 1. The smallest absolute Gasteiger partial charge is 0.0662 e. The molecule has 0 radical (unpaired) electrons. The molecule has 0 aliphatic carbocycles. The molecule has 0 N–H and O–H groups in total. The molecule has 0 amide bonds. The molecule has 0 saturated carbocycles. The van der Waals surface area contributed by atoms with Gasteiger partial charge >= 0.3 is 0 Å². The van der Waals surface area contributed by atoms with Crippen molar-refractivity contribution in [2.45, 2.75) is 6.42 Å². The van der Waals surface area contributed by atoms with Gasteiger partial charge in [-0.3, -0.25) is 4.99 Å². The van der Waals surface area contributed by atoms with Crippen LogP contribution in [-0.2, 0) is 4.74 Å². The van der Waals surface area contributed by atoms with E-state index in [1.165, 1.54) is 0 Å². The molecule has 1 rings (SSSR count). The van der Waals surface area contributed by atoms with Gasteiger partial charge in [0.25, 0.3) is 0 Å². The summed E-state index contributed by atoms with van der Waals surface area (Å²) in [5.41, 5.74) is 0. The Morgan fingerprint density at radius 1 is 1.33 bits per heavy atom. The third kappa shape index (κ3) is 3.03. The van der Waals surface area contributed by atoms with Gasteiger partial charge < -0.3 is 4.74 Å². The number of hydrogen-bond acceptors (Lipinski definition) is 2. The van der Waals surface area contributed by atoms with Crippen LogP contribution in [0.2, 0.25) is 0 Å². The molecule has 0 fully saturated rings. The van der Waals surface area contributed by atoms with Gasteiger partial charge in [-0.2, -0.15) is 0 Å². The first-order chi connectivity index (χ1) is 4.50. The van der Waals surface area contributed by atoms with Crippen LogP contribution in [-0.4, -0.2) is 26.0 Å². The van der Waals surface area contributed by atoms with Gasteiger partial charge in [0.2, 0.25) is 0 Å². The molecule has 0 spiro atoms. The summed E-state index contributed by atoms with van der Waals surface area (Å²) in [7, 11) is 0. The molecular formula is C7H11NO. The Kier molecular flexibility index (Phi) is 3.08. The average Bonchev–Trinajstić information content (AvgIpc) is 2.00. The van der Waals surface area contributed by atoms with E-state index in [1.807, 2.05) is 12.3 Å². The number of allylic oxidation sites excluding steroid dienone is 1. The zero-order valence-electron chi connectivity index (χ0n) is 5.42. The molecule has 1 heterocycles. The van der Waals surface area contributed by atoms with Crippen LogP contribution >= 0.6 is 0 Å². The van der Waals surface area contributed by atoms with Crippen molar-refractivity contribution in [2.24, 2.45) is 4.99 Å². The lowest BCUT2D eigenvalue weighted by atomic mass is 10.4. The van der Waals surface area contributed by atoms with Crippen LogP contribution in [0.4, 0.5) is 0 Å². The van der Waals surface area contributed by atoms with Crippen molar-refractivity contribution >= 4 is 6.21 Å². The van der Waals surface area contributed by atoms with Crippen LogP contribution in [0.3, 0.4) is 0 Å². The second-order valence-corrected chi connectivity index (χ2v) is 1.88. The molecule has 0 aromatic rings. The summed E-state index contributed by atoms with van der Waals surface area (Å²) in [6.07, 6.45) is 6.87. The van der Waals surface area contributed by atoms with Crippen molar-refractivity contribution < 1.29 is 4.74 Å². The summed E-state index contributed by atoms with van der Waals surface area (Å²) >= 11 is 0. The quantitative estimate of drug-likeness (QED) is 0.474. The third-order valence-corrected chi connectivity index (χ3v) is 1.12. The van der Waals surface area contributed by atoms with Gasteiger partial charge in [0, 0.05) is 6.21 Å². The maximum atomic E-state index is 5.19. The Hall–Kier alpha value is -0.630. The largest absolute Gasteiger partial charge is 0.379 e. The summed E-state index contributed by atoms with van der Waals surface area (Å²) in [4.78, 5) is 4.05. The van der Waals surface area contributed by atoms with Gasteiger partial charge in [0.1, 0.15) is 0 Å². The Morgan fingerprint density at radius 3 is 3.33 bits per heavy atom. The first-order valence-electron chi connectivity index (χ1n) is 3.23. The molecule has 0 saturated heterocycles. The minimum Gasteiger partial charge on any atom is -0.379 e. The fourth-order valence-electron chi connectivity index (χ4n) is 0.663. The fraction of sp³-hybridized carbons (Fsp3) is 0.571. The summed E-state index contributed by atoms with van der Waals surface area (Å²) in [5.74, 6) is 0. The molecule has 0 unspecified atom stereocenters.